The molecule has 1 aromatic carbocycles. The maximum atomic E-state index is 9.96. The molecular formula is C9H7NO2S. The van der Waals surface area contributed by atoms with Crippen LogP contribution >= 0.6 is 11.5 Å². The fourth-order valence-corrected chi connectivity index (χ4v) is 1.83. The maximum Gasteiger partial charge on any atom is 0.293 e. The highest BCUT2D eigenvalue weighted by molar-refractivity contribution is 7.13. The molecule has 0 saturated heterocycles. The van der Waals surface area contributed by atoms with Gasteiger partial charge in [-0.1, -0.05) is 12.1 Å². The molecule has 0 aliphatic carbocycles. The average Bonchev–Trinajstić information content (AvgIpc) is 2.61. The lowest BCUT2D eigenvalue weighted by Crippen LogP contribution is -1.88. The van der Waals surface area contributed by atoms with Crippen molar-refractivity contribution in [2.75, 3.05) is 0 Å². The Bertz CT molecular complexity index is 424. The molecule has 0 atom stereocenters. The SMILES string of the molecule is O=COCc1ccc2cnsc2c1. The monoisotopic (exact) mass is 193 g/mol. The van der Waals surface area contributed by atoms with Crippen molar-refractivity contribution in [3.8, 4) is 0 Å². The van der Waals surface area contributed by atoms with Gasteiger partial charge in [-0.05, 0) is 23.2 Å². The topological polar surface area (TPSA) is 39.2 Å². The maximum absolute atomic E-state index is 9.96. The Kier molecular flexibility index (Phi) is 2.23. The number of hydrogen-bond acceptors (Lipinski definition) is 4. The number of aromatic nitrogens is 1. The highest BCUT2D eigenvalue weighted by Gasteiger charge is 1.98. The van der Waals surface area contributed by atoms with Crippen molar-refractivity contribution in [3.05, 3.63) is 30.0 Å². The molecule has 0 amide bonds. The van der Waals surface area contributed by atoms with Crippen LogP contribution in [0.25, 0.3) is 10.1 Å². The van der Waals surface area contributed by atoms with E-state index in [-0.39, 0.29) is 0 Å². The van der Waals surface area contributed by atoms with Crippen LogP contribution in [0.3, 0.4) is 0 Å². The first-order chi connectivity index (χ1) is 6.40. The quantitative estimate of drug-likeness (QED) is 0.699. The summed E-state index contributed by atoms with van der Waals surface area (Å²) in [5, 5.41) is 1.12. The van der Waals surface area contributed by atoms with E-state index >= 15 is 0 Å². The number of carbonyl (C=O) groups excluding carboxylic acids is 1. The van der Waals surface area contributed by atoms with E-state index in [0.29, 0.717) is 13.1 Å². The highest BCUT2D eigenvalue weighted by Crippen LogP contribution is 2.19. The zero-order chi connectivity index (χ0) is 9.10. The predicted octanol–water partition coefficient (Wildman–Crippen LogP) is 1.97. The molecular weight excluding hydrogens is 186 g/mol. The van der Waals surface area contributed by atoms with Gasteiger partial charge in [0.15, 0.2) is 0 Å². The Labute approximate surface area is 79.1 Å². The van der Waals surface area contributed by atoms with Crippen molar-refractivity contribution in [2.24, 2.45) is 0 Å². The third-order valence-electron chi connectivity index (χ3n) is 1.74. The van der Waals surface area contributed by atoms with Crippen LogP contribution in [0.2, 0.25) is 0 Å². The minimum Gasteiger partial charge on any atom is -0.463 e. The van der Waals surface area contributed by atoms with Crippen molar-refractivity contribution in [2.45, 2.75) is 6.61 Å². The van der Waals surface area contributed by atoms with Gasteiger partial charge in [0, 0.05) is 11.6 Å². The molecule has 0 saturated carbocycles. The van der Waals surface area contributed by atoms with Gasteiger partial charge in [0.25, 0.3) is 6.47 Å². The van der Waals surface area contributed by atoms with Gasteiger partial charge in [0.2, 0.25) is 0 Å². The summed E-state index contributed by atoms with van der Waals surface area (Å²) in [6, 6.07) is 5.89. The third-order valence-corrected chi connectivity index (χ3v) is 2.50. The fourth-order valence-electron chi connectivity index (χ4n) is 1.12. The lowest BCUT2D eigenvalue weighted by Gasteiger charge is -1.98. The van der Waals surface area contributed by atoms with E-state index in [1.165, 1.54) is 11.5 Å². The van der Waals surface area contributed by atoms with Crippen LogP contribution in [0.15, 0.2) is 24.4 Å². The molecule has 0 aliphatic rings. The molecule has 0 radical (unpaired) electrons. The van der Waals surface area contributed by atoms with Crippen LogP contribution in [-0.4, -0.2) is 10.8 Å². The molecule has 0 aliphatic heterocycles. The highest BCUT2D eigenvalue weighted by atomic mass is 32.1. The molecule has 2 aromatic rings. The van der Waals surface area contributed by atoms with E-state index < -0.39 is 0 Å². The zero-order valence-corrected chi connectivity index (χ0v) is 7.58. The summed E-state index contributed by atoms with van der Waals surface area (Å²) in [7, 11) is 0. The second kappa shape index (κ2) is 3.53. The zero-order valence-electron chi connectivity index (χ0n) is 6.77. The van der Waals surface area contributed by atoms with Gasteiger partial charge in [-0.25, -0.2) is 0 Å². The lowest BCUT2D eigenvalue weighted by molar-refractivity contribution is -0.129. The molecule has 0 bridgehead atoms. The van der Waals surface area contributed by atoms with Crippen LogP contribution in [0.1, 0.15) is 5.56 Å². The number of nitrogens with zero attached hydrogens (tertiary/aromatic N) is 1. The van der Waals surface area contributed by atoms with Crippen LogP contribution < -0.4 is 0 Å². The van der Waals surface area contributed by atoms with Gasteiger partial charge < -0.3 is 4.74 Å². The number of hydrogen-bond donors (Lipinski definition) is 0. The van der Waals surface area contributed by atoms with Crippen molar-refractivity contribution < 1.29 is 9.53 Å². The summed E-state index contributed by atoms with van der Waals surface area (Å²) in [6.45, 7) is 0.786. The molecule has 1 heterocycles. The minimum atomic E-state index is 0.331. The molecule has 0 unspecified atom stereocenters. The number of rotatable bonds is 3. The average molecular weight is 193 g/mol. The van der Waals surface area contributed by atoms with E-state index in [1.54, 1.807) is 0 Å². The molecule has 1 aromatic heterocycles. The Hall–Kier alpha value is -1.42. The molecule has 3 nitrogen and oxygen atoms in total. The van der Waals surface area contributed by atoms with Crippen molar-refractivity contribution in [3.63, 3.8) is 0 Å². The van der Waals surface area contributed by atoms with Crippen molar-refractivity contribution in [1.29, 1.82) is 0 Å². The van der Waals surface area contributed by atoms with E-state index in [0.717, 1.165) is 15.6 Å². The number of carbonyl (C=O) groups is 1. The van der Waals surface area contributed by atoms with E-state index in [4.69, 9.17) is 0 Å². The Morgan fingerprint density at radius 2 is 2.46 bits per heavy atom. The van der Waals surface area contributed by atoms with Crippen LogP contribution in [0.4, 0.5) is 0 Å². The van der Waals surface area contributed by atoms with Crippen LogP contribution in [0, 0.1) is 0 Å². The van der Waals surface area contributed by atoms with Crippen LogP contribution in [0.5, 0.6) is 0 Å². The van der Waals surface area contributed by atoms with Crippen molar-refractivity contribution in [1.82, 2.24) is 4.37 Å². The standard InChI is InChI=1S/C9H7NO2S/c11-6-12-5-7-1-2-8-4-10-13-9(8)3-7/h1-4,6H,5H2. The Morgan fingerprint density at radius 1 is 1.54 bits per heavy atom. The molecule has 13 heavy (non-hydrogen) atoms. The van der Waals surface area contributed by atoms with Gasteiger partial charge in [-0.15, -0.1) is 0 Å². The third kappa shape index (κ3) is 1.67. The predicted molar refractivity (Wildman–Crippen MR) is 50.5 cm³/mol. The van der Waals surface area contributed by atoms with Gasteiger partial charge in [0.1, 0.15) is 6.61 Å². The number of ether oxygens (including phenoxy) is 1. The van der Waals surface area contributed by atoms with Gasteiger partial charge in [-0.2, -0.15) is 4.37 Å². The molecule has 66 valence electrons. The van der Waals surface area contributed by atoms with E-state index in [2.05, 4.69) is 9.11 Å². The van der Waals surface area contributed by atoms with E-state index in [1.807, 2.05) is 24.4 Å². The molecule has 0 spiro atoms. The normalized spacial score (nSPS) is 10.2. The summed E-state index contributed by atoms with van der Waals surface area (Å²) in [6.07, 6.45) is 1.82. The second-order valence-electron chi connectivity index (χ2n) is 2.61. The summed E-state index contributed by atoms with van der Waals surface area (Å²) in [5.74, 6) is 0. The second-order valence-corrected chi connectivity index (χ2v) is 3.44. The fraction of sp³-hybridized carbons (Fsp3) is 0.111. The number of fused-ring (bicyclic) bond motifs is 1. The minimum absolute atomic E-state index is 0.331. The summed E-state index contributed by atoms with van der Waals surface area (Å²) < 4.78 is 9.82. The van der Waals surface area contributed by atoms with Gasteiger partial charge in [0.05, 0.1) is 4.70 Å². The molecule has 0 fully saturated rings. The van der Waals surface area contributed by atoms with E-state index in [9.17, 15) is 4.79 Å². The van der Waals surface area contributed by atoms with Crippen LogP contribution in [-0.2, 0) is 16.1 Å². The summed E-state index contributed by atoms with van der Waals surface area (Å²) >= 11 is 1.44. The summed E-state index contributed by atoms with van der Waals surface area (Å²) in [4.78, 5) is 9.96. The van der Waals surface area contributed by atoms with Gasteiger partial charge >= 0.3 is 0 Å². The Morgan fingerprint density at radius 3 is 3.31 bits per heavy atom. The molecule has 2 rings (SSSR count). The molecule has 4 heteroatoms. The summed E-state index contributed by atoms with van der Waals surface area (Å²) in [5.41, 5.74) is 0.990. The van der Waals surface area contributed by atoms with Crippen molar-refractivity contribution >= 4 is 28.1 Å². The Balaban J connectivity index is 2.31. The largest absolute Gasteiger partial charge is 0.463 e. The molecule has 0 N–H and O–H groups in total. The number of benzene rings is 1. The first-order valence-electron chi connectivity index (χ1n) is 3.79. The first-order valence-corrected chi connectivity index (χ1v) is 4.56. The lowest BCUT2D eigenvalue weighted by atomic mass is 10.2. The van der Waals surface area contributed by atoms with Gasteiger partial charge in [-0.3, -0.25) is 4.79 Å². The smallest absolute Gasteiger partial charge is 0.293 e. The first kappa shape index (κ1) is 8.19.